The molecule has 0 saturated carbocycles. The summed E-state index contributed by atoms with van der Waals surface area (Å²) in [6.45, 7) is 6.02. The molecule has 1 atom stereocenters. The Balaban J connectivity index is 1.85. The molecule has 0 fully saturated rings. The van der Waals surface area contributed by atoms with Crippen molar-refractivity contribution in [3.05, 3.63) is 65.7 Å². The summed E-state index contributed by atoms with van der Waals surface area (Å²) in [6, 6.07) is 19.2. The van der Waals surface area contributed by atoms with Crippen LogP contribution in [0.25, 0.3) is 0 Å². The molecule has 0 aliphatic heterocycles. The van der Waals surface area contributed by atoms with Crippen LogP contribution in [0.5, 0.6) is 5.75 Å². The lowest BCUT2D eigenvalue weighted by atomic mass is 10.1. The van der Waals surface area contributed by atoms with Gasteiger partial charge in [-0.1, -0.05) is 55.5 Å². The summed E-state index contributed by atoms with van der Waals surface area (Å²) in [5.41, 5.74) is 2.61. The topological polar surface area (TPSA) is 21.3 Å². The molecule has 2 heteroatoms. The Morgan fingerprint density at radius 3 is 2.48 bits per heavy atom. The van der Waals surface area contributed by atoms with Crippen molar-refractivity contribution in [2.75, 3.05) is 13.2 Å². The molecule has 1 unspecified atom stereocenters. The summed E-state index contributed by atoms with van der Waals surface area (Å²) in [7, 11) is 0. The minimum Gasteiger partial charge on any atom is -0.493 e. The molecule has 2 nitrogen and oxygen atoms in total. The first-order valence-corrected chi connectivity index (χ1v) is 7.80. The molecular formula is C19H25NO. The molecule has 0 amide bonds. The highest BCUT2D eigenvalue weighted by atomic mass is 16.5. The molecule has 1 N–H and O–H groups in total. The van der Waals surface area contributed by atoms with Gasteiger partial charge in [0.15, 0.2) is 0 Å². The quantitative estimate of drug-likeness (QED) is 0.726. The third-order valence-electron chi connectivity index (χ3n) is 3.61. The van der Waals surface area contributed by atoms with Gasteiger partial charge in [0.25, 0.3) is 0 Å². The highest BCUT2D eigenvalue weighted by Gasteiger charge is 2.09. The maximum absolute atomic E-state index is 5.99. The van der Waals surface area contributed by atoms with Crippen LogP contribution in [0.1, 0.15) is 37.4 Å². The monoisotopic (exact) mass is 283 g/mol. The van der Waals surface area contributed by atoms with Crippen LogP contribution in [0.3, 0.4) is 0 Å². The molecule has 0 spiro atoms. The molecule has 0 heterocycles. The van der Waals surface area contributed by atoms with E-state index in [-0.39, 0.29) is 0 Å². The van der Waals surface area contributed by atoms with E-state index in [0.29, 0.717) is 6.04 Å². The van der Waals surface area contributed by atoms with Crippen molar-refractivity contribution in [1.82, 2.24) is 5.32 Å². The smallest absolute Gasteiger partial charge is 0.124 e. The SMILES string of the molecule is CCNC(C)c1ccccc1OCCCc1ccccc1. The van der Waals surface area contributed by atoms with E-state index in [1.807, 2.05) is 6.07 Å². The Morgan fingerprint density at radius 1 is 1.00 bits per heavy atom. The molecule has 0 radical (unpaired) electrons. The average Bonchev–Trinajstić information content (AvgIpc) is 2.53. The van der Waals surface area contributed by atoms with Crippen LogP contribution in [-0.2, 0) is 6.42 Å². The maximum atomic E-state index is 5.99. The van der Waals surface area contributed by atoms with Gasteiger partial charge in [0.05, 0.1) is 6.61 Å². The van der Waals surface area contributed by atoms with Crippen LogP contribution in [0, 0.1) is 0 Å². The minimum atomic E-state index is 0.320. The fourth-order valence-corrected chi connectivity index (χ4v) is 2.49. The highest BCUT2D eigenvalue weighted by Crippen LogP contribution is 2.24. The minimum absolute atomic E-state index is 0.320. The van der Waals surface area contributed by atoms with Crippen molar-refractivity contribution in [1.29, 1.82) is 0 Å². The highest BCUT2D eigenvalue weighted by molar-refractivity contribution is 5.35. The van der Waals surface area contributed by atoms with Gasteiger partial charge in [-0.15, -0.1) is 0 Å². The van der Waals surface area contributed by atoms with E-state index < -0.39 is 0 Å². The lowest BCUT2D eigenvalue weighted by Gasteiger charge is -2.17. The zero-order valence-electron chi connectivity index (χ0n) is 13.0. The number of nitrogens with one attached hydrogen (secondary N) is 1. The normalized spacial score (nSPS) is 12.1. The van der Waals surface area contributed by atoms with E-state index in [9.17, 15) is 0 Å². The van der Waals surface area contributed by atoms with Crippen molar-refractivity contribution in [2.45, 2.75) is 32.7 Å². The molecule has 0 aliphatic rings. The Hall–Kier alpha value is -1.80. The van der Waals surface area contributed by atoms with Gasteiger partial charge in [-0.2, -0.15) is 0 Å². The molecule has 0 aromatic heterocycles. The van der Waals surface area contributed by atoms with Crippen molar-refractivity contribution in [3.8, 4) is 5.75 Å². The molecule has 0 bridgehead atoms. The van der Waals surface area contributed by atoms with Crippen molar-refractivity contribution in [3.63, 3.8) is 0 Å². The van der Waals surface area contributed by atoms with Crippen LogP contribution >= 0.6 is 0 Å². The van der Waals surface area contributed by atoms with Gasteiger partial charge >= 0.3 is 0 Å². The Kier molecular flexibility index (Phi) is 6.29. The number of benzene rings is 2. The van der Waals surface area contributed by atoms with Crippen LogP contribution < -0.4 is 10.1 Å². The Morgan fingerprint density at radius 2 is 1.71 bits per heavy atom. The number of para-hydroxylation sites is 1. The first-order valence-electron chi connectivity index (χ1n) is 7.80. The lowest BCUT2D eigenvalue weighted by Crippen LogP contribution is -2.18. The fourth-order valence-electron chi connectivity index (χ4n) is 2.49. The van der Waals surface area contributed by atoms with E-state index in [1.54, 1.807) is 0 Å². The Labute approximate surface area is 128 Å². The van der Waals surface area contributed by atoms with Gasteiger partial charge in [0, 0.05) is 11.6 Å². The molecule has 112 valence electrons. The third kappa shape index (κ3) is 4.91. The predicted molar refractivity (Wildman–Crippen MR) is 88.8 cm³/mol. The van der Waals surface area contributed by atoms with Crippen molar-refractivity contribution < 1.29 is 4.74 Å². The van der Waals surface area contributed by atoms with E-state index in [2.05, 4.69) is 67.7 Å². The van der Waals surface area contributed by atoms with Gasteiger partial charge in [-0.25, -0.2) is 0 Å². The maximum Gasteiger partial charge on any atom is 0.124 e. The van der Waals surface area contributed by atoms with Crippen molar-refractivity contribution >= 4 is 0 Å². The largest absolute Gasteiger partial charge is 0.493 e. The number of hydrogen-bond donors (Lipinski definition) is 1. The summed E-state index contributed by atoms with van der Waals surface area (Å²) in [4.78, 5) is 0. The summed E-state index contributed by atoms with van der Waals surface area (Å²) < 4.78 is 5.99. The molecule has 21 heavy (non-hydrogen) atoms. The number of rotatable bonds is 8. The summed E-state index contributed by atoms with van der Waals surface area (Å²) in [5, 5.41) is 3.44. The van der Waals surface area contributed by atoms with E-state index in [0.717, 1.165) is 31.7 Å². The van der Waals surface area contributed by atoms with Gasteiger partial charge in [-0.05, 0) is 37.9 Å². The molecule has 0 aliphatic carbocycles. The first-order chi connectivity index (χ1) is 10.3. The third-order valence-corrected chi connectivity index (χ3v) is 3.61. The lowest BCUT2D eigenvalue weighted by molar-refractivity contribution is 0.305. The Bertz CT molecular complexity index is 524. The standard InChI is InChI=1S/C19H25NO/c1-3-20-16(2)18-13-7-8-14-19(18)21-15-9-12-17-10-5-4-6-11-17/h4-8,10-11,13-14,16,20H,3,9,12,15H2,1-2H3. The van der Waals surface area contributed by atoms with Crippen LogP contribution in [-0.4, -0.2) is 13.2 Å². The summed E-state index contributed by atoms with van der Waals surface area (Å²) >= 11 is 0. The van der Waals surface area contributed by atoms with E-state index in [1.165, 1.54) is 11.1 Å². The molecule has 0 saturated heterocycles. The van der Waals surface area contributed by atoms with Gasteiger partial charge in [0.1, 0.15) is 5.75 Å². The second-order valence-electron chi connectivity index (χ2n) is 5.25. The summed E-state index contributed by atoms with van der Waals surface area (Å²) in [6.07, 6.45) is 2.10. The second-order valence-corrected chi connectivity index (χ2v) is 5.25. The van der Waals surface area contributed by atoms with Crippen LogP contribution in [0.2, 0.25) is 0 Å². The first kappa shape index (κ1) is 15.6. The van der Waals surface area contributed by atoms with Gasteiger partial charge in [0.2, 0.25) is 0 Å². The van der Waals surface area contributed by atoms with Crippen LogP contribution in [0.15, 0.2) is 54.6 Å². The zero-order chi connectivity index (χ0) is 14.9. The average molecular weight is 283 g/mol. The molecular weight excluding hydrogens is 258 g/mol. The zero-order valence-corrected chi connectivity index (χ0v) is 13.0. The van der Waals surface area contributed by atoms with Crippen molar-refractivity contribution in [2.24, 2.45) is 0 Å². The number of ether oxygens (including phenoxy) is 1. The predicted octanol–water partition coefficient (Wildman–Crippen LogP) is 4.37. The number of aryl methyl sites for hydroxylation is 1. The fraction of sp³-hybridized carbons (Fsp3) is 0.368. The van der Waals surface area contributed by atoms with E-state index >= 15 is 0 Å². The van der Waals surface area contributed by atoms with E-state index in [4.69, 9.17) is 4.74 Å². The summed E-state index contributed by atoms with van der Waals surface area (Å²) in [5.74, 6) is 0.999. The van der Waals surface area contributed by atoms with Gasteiger partial charge < -0.3 is 10.1 Å². The number of hydrogen-bond acceptors (Lipinski definition) is 2. The second kappa shape index (κ2) is 8.48. The van der Waals surface area contributed by atoms with Gasteiger partial charge in [-0.3, -0.25) is 0 Å². The molecule has 2 rings (SSSR count). The van der Waals surface area contributed by atoms with Crippen LogP contribution in [0.4, 0.5) is 0 Å². The molecule has 2 aromatic rings. The molecule has 2 aromatic carbocycles.